The molecule has 1 aromatic carbocycles. The molecule has 0 aliphatic carbocycles. The second-order valence-electron chi connectivity index (χ2n) is 4.76. The van der Waals surface area contributed by atoms with E-state index in [0.29, 0.717) is 0 Å². The van der Waals surface area contributed by atoms with Crippen LogP contribution in [0.4, 0.5) is 11.4 Å². The Bertz CT molecular complexity index is 579. The molecule has 0 radical (unpaired) electrons. The standard InChI is InChI=1S/C14H18N4S/c1-17-12(4-6-16-17)5-7-18-8-9-19-14-3-2-11(15)10-13(14)18/h2-4,6,10H,5,7-9,15H2,1H3. The molecule has 19 heavy (non-hydrogen) atoms. The van der Waals surface area contributed by atoms with Crippen LogP contribution in [0.3, 0.4) is 0 Å². The van der Waals surface area contributed by atoms with E-state index in [2.05, 4.69) is 28.2 Å². The van der Waals surface area contributed by atoms with Crippen molar-refractivity contribution in [3.63, 3.8) is 0 Å². The molecular weight excluding hydrogens is 256 g/mol. The van der Waals surface area contributed by atoms with Gasteiger partial charge in [-0.25, -0.2) is 0 Å². The second kappa shape index (κ2) is 5.17. The van der Waals surface area contributed by atoms with Crippen LogP contribution >= 0.6 is 11.8 Å². The number of aryl methyl sites for hydroxylation is 1. The number of rotatable bonds is 3. The van der Waals surface area contributed by atoms with Gasteiger partial charge in [0.1, 0.15) is 0 Å². The predicted molar refractivity (Wildman–Crippen MR) is 80.7 cm³/mol. The van der Waals surface area contributed by atoms with Crippen molar-refractivity contribution in [3.8, 4) is 0 Å². The number of nitrogens with zero attached hydrogens (tertiary/aromatic N) is 3. The summed E-state index contributed by atoms with van der Waals surface area (Å²) in [5.74, 6) is 1.14. The lowest BCUT2D eigenvalue weighted by atomic mass is 10.2. The fraction of sp³-hybridized carbons (Fsp3) is 0.357. The lowest BCUT2D eigenvalue weighted by Gasteiger charge is -2.31. The molecule has 0 atom stereocenters. The molecule has 0 bridgehead atoms. The number of aromatic nitrogens is 2. The van der Waals surface area contributed by atoms with Gasteiger partial charge in [0.2, 0.25) is 0 Å². The minimum atomic E-state index is 0.840. The van der Waals surface area contributed by atoms with Crippen molar-refractivity contribution in [2.24, 2.45) is 7.05 Å². The minimum absolute atomic E-state index is 0.840. The molecule has 0 saturated carbocycles. The van der Waals surface area contributed by atoms with E-state index in [0.717, 1.165) is 31.0 Å². The first-order valence-corrected chi connectivity index (χ1v) is 7.47. The number of benzene rings is 1. The Morgan fingerprint density at radius 3 is 3.05 bits per heavy atom. The average molecular weight is 274 g/mol. The Morgan fingerprint density at radius 2 is 2.26 bits per heavy atom. The molecular formula is C14H18N4S. The fourth-order valence-electron chi connectivity index (χ4n) is 2.42. The number of anilines is 2. The predicted octanol–water partition coefficient (Wildman–Crippen LogP) is 2.16. The number of nitrogens with two attached hydrogens (primary N) is 1. The molecule has 3 rings (SSSR count). The summed E-state index contributed by atoms with van der Waals surface area (Å²) in [4.78, 5) is 3.76. The SMILES string of the molecule is Cn1nccc1CCN1CCSc2ccc(N)cc21. The monoisotopic (exact) mass is 274 g/mol. The zero-order valence-electron chi connectivity index (χ0n) is 11.0. The molecule has 1 aromatic heterocycles. The van der Waals surface area contributed by atoms with E-state index in [4.69, 9.17) is 5.73 Å². The molecule has 0 saturated heterocycles. The molecule has 1 aliphatic rings. The third-order valence-corrected chi connectivity index (χ3v) is 4.55. The lowest BCUT2D eigenvalue weighted by molar-refractivity contribution is 0.689. The highest BCUT2D eigenvalue weighted by molar-refractivity contribution is 7.99. The summed E-state index contributed by atoms with van der Waals surface area (Å²) in [7, 11) is 1.99. The number of hydrogen-bond acceptors (Lipinski definition) is 4. The van der Waals surface area contributed by atoms with E-state index in [-0.39, 0.29) is 0 Å². The fourth-order valence-corrected chi connectivity index (χ4v) is 3.45. The van der Waals surface area contributed by atoms with Crippen LogP contribution in [0.1, 0.15) is 5.69 Å². The van der Waals surface area contributed by atoms with E-state index in [1.54, 1.807) is 0 Å². The highest BCUT2D eigenvalue weighted by Crippen LogP contribution is 2.35. The number of nitrogen functional groups attached to an aromatic ring is 1. The van der Waals surface area contributed by atoms with Crippen molar-refractivity contribution in [1.82, 2.24) is 9.78 Å². The van der Waals surface area contributed by atoms with E-state index in [1.807, 2.05) is 35.8 Å². The number of thioether (sulfide) groups is 1. The van der Waals surface area contributed by atoms with Crippen molar-refractivity contribution in [2.45, 2.75) is 11.3 Å². The zero-order chi connectivity index (χ0) is 13.2. The van der Waals surface area contributed by atoms with Gasteiger partial charge in [-0.05, 0) is 24.3 Å². The molecule has 0 fully saturated rings. The van der Waals surface area contributed by atoms with Gasteiger partial charge in [-0.2, -0.15) is 5.10 Å². The topological polar surface area (TPSA) is 47.1 Å². The molecule has 100 valence electrons. The Balaban J connectivity index is 1.76. The zero-order valence-corrected chi connectivity index (χ0v) is 11.9. The van der Waals surface area contributed by atoms with Gasteiger partial charge in [-0.1, -0.05) is 0 Å². The minimum Gasteiger partial charge on any atom is -0.399 e. The maximum Gasteiger partial charge on any atom is 0.0525 e. The Morgan fingerprint density at radius 1 is 1.37 bits per heavy atom. The summed E-state index contributed by atoms with van der Waals surface area (Å²) < 4.78 is 1.94. The summed E-state index contributed by atoms with van der Waals surface area (Å²) in [5.41, 5.74) is 9.29. The van der Waals surface area contributed by atoms with Gasteiger partial charge in [0.15, 0.2) is 0 Å². The summed E-state index contributed by atoms with van der Waals surface area (Å²) in [6.45, 7) is 2.09. The third kappa shape index (κ3) is 2.56. The van der Waals surface area contributed by atoms with E-state index in [1.165, 1.54) is 16.3 Å². The van der Waals surface area contributed by atoms with Gasteiger partial charge in [-0.3, -0.25) is 4.68 Å². The highest BCUT2D eigenvalue weighted by atomic mass is 32.2. The van der Waals surface area contributed by atoms with Crippen molar-refractivity contribution >= 4 is 23.1 Å². The maximum atomic E-state index is 5.91. The van der Waals surface area contributed by atoms with Crippen molar-refractivity contribution < 1.29 is 0 Å². The van der Waals surface area contributed by atoms with Gasteiger partial charge in [0, 0.05) is 54.8 Å². The van der Waals surface area contributed by atoms with Crippen molar-refractivity contribution in [3.05, 3.63) is 36.2 Å². The Hall–Kier alpha value is -1.62. The first-order chi connectivity index (χ1) is 9.24. The van der Waals surface area contributed by atoms with Crippen LogP contribution < -0.4 is 10.6 Å². The van der Waals surface area contributed by atoms with Gasteiger partial charge < -0.3 is 10.6 Å². The number of fused-ring (bicyclic) bond motifs is 1. The van der Waals surface area contributed by atoms with Crippen molar-refractivity contribution in [1.29, 1.82) is 0 Å². The van der Waals surface area contributed by atoms with Crippen LogP contribution in [0, 0.1) is 0 Å². The lowest BCUT2D eigenvalue weighted by Crippen LogP contribution is -2.31. The van der Waals surface area contributed by atoms with Crippen molar-refractivity contribution in [2.75, 3.05) is 29.5 Å². The molecule has 1 aliphatic heterocycles. The van der Waals surface area contributed by atoms with Gasteiger partial charge in [0.25, 0.3) is 0 Å². The van der Waals surface area contributed by atoms with Crippen LogP contribution in [0.5, 0.6) is 0 Å². The number of hydrogen-bond donors (Lipinski definition) is 1. The largest absolute Gasteiger partial charge is 0.399 e. The van der Waals surface area contributed by atoms with Gasteiger partial charge in [0.05, 0.1) is 5.69 Å². The van der Waals surface area contributed by atoms with Gasteiger partial charge in [-0.15, -0.1) is 11.8 Å². The molecule has 2 heterocycles. The summed E-state index contributed by atoms with van der Waals surface area (Å²) in [6.07, 6.45) is 2.86. The van der Waals surface area contributed by atoms with Gasteiger partial charge >= 0.3 is 0 Å². The summed E-state index contributed by atoms with van der Waals surface area (Å²) in [5, 5.41) is 4.21. The highest BCUT2D eigenvalue weighted by Gasteiger charge is 2.17. The normalized spacial score (nSPS) is 14.5. The Kier molecular flexibility index (Phi) is 3.38. The molecule has 2 N–H and O–H groups in total. The van der Waals surface area contributed by atoms with E-state index in [9.17, 15) is 0 Å². The molecule has 0 unspecified atom stereocenters. The molecule has 0 spiro atoms. The molecule has 0 amide bonds. The molecule has 4 nitrogen and oxygen atoms in total. The van der Waals surface area contributed by atoms with Crippen LogP contribution in [-0.2, 0) is 13.5 Å². The summed E-state index contributed by atoms with van der Waals surface area (Å²) in [6, 6.07) is 8.28. The Labute approximate surface area is 117 Å². The smallest absolute Gasteiger partial charge is 0.0525 e. The molecule has 5 heteroatoms. The first kappa shape index (κ1) is 12.4. The third-order valence-electron chi connectivity index (χ3n) is 3.50. The maximum absolute atomic E-state index is 5.91. The van der Waals surface area contributed by atoms with Crippen LogP contribution in [0.15, 0.2) is 35.4 Å². The molecule has 2 aromatic rings. The summed E-state index contributed by atoms with van der Waals surface area (Å²) >= 11 is 1.91. The van der Waals surface area contributed by atoms with E-state index < -0.39 is 0 Å². The van der Waals surface area contributed by atoms with Crippen LogP contribution in [0.2, 0.25) is 0 Å². The van der Waals surface area contributed by atoms with Crippen LogP contribution in [0.25, 0.3) is 0 Å². The quantitative estimate of drug-likeness (QED) is 0.871. The first-order valence-electron chi connectivity index (χ1n) is 6.48. The average Bonchev–Trinajstić information content (AvgIpc) is 2.82. The van der Waals surface area contributed by atoms with E-state index >= 15 is 0 Å². The van der Waals surface area contributed by atoms with Crippen LogP contribution in [-0.4, -0.2) is 28.6 Å². The second-order valence-corrected chi connectivity index (χ2v) is 5.90.